The minimum atomic E-state index is -0.182. The van der Waals surface area contributed by atoms with Crippen LogP contribution in [0, 0.1) is 0 Å². The summed E-state index contributed by atoms with van der Waals surface area (Å²) in [5, 5.41) is 9.02. The van der Waals surface area contributed by atoms with Gasteiger partial charge in [0.1, 0.15) is 0 Å². The highest BCUT2D eigenvalue weighted by atomic mass is 16.5. The van der Waals surface area contributed by atoms with Gasteiger partial charge in [0, 0.05) is 6.54 Å². The van der Waals surface area contributed by atoms with Gasteiger partial charge in [-0.3, -0.25) is 4.90 Å². The normalized spacial score (nSPS) is 21.8. The summed E-state index contributed by atoms with van der Waals surface area (Å²) in [6, 6.07) is 0.591. The summed E-state index contributed by atoms with van der Waals surface area (Å²) in [6.45, 7) is 4.50. The average molecular weight is 159 g/mol. The molecule has 1 heterocycles. The van der Waals surface area contributed by atoms with Crippen LogP contribution >= 0.6 is 0 Å². The number of likely N-dealkylation sites (N-methyl/N-ethyl adjacent to an activating group) is 1. The smallest absolute Gasteiger partial charge is 0.0645 e. The highest BCUT2D eigenvalue weighted by Crippen LogP contribution is 2.08. The molecule has 0 aromatic rings. The Bertz CT molecular complexity index is 113. The fourth-order valence-corrected chi connectivity index (χ4v) is 1.05. The fraction of sp³-hybridized carbons (Fsp3) is 1.00. The Labute approximate surface area is 68.0 Å². The van der Waals surface area contributed by atoms with Crippen molar-refractivity contribution in [3.8, 4) is 0 Å². The quantitative estimate of drug-likeness (QED) is 0.631. The van der Waals surface area contributed by atoms with E-state index in [4.69, 9.17) is 9.84 Å². The van der Waals surface area contributed by atoms with Gasteiger partial charge < -0.3 is 9.84 Å². The van der Waals surface area contributed by atoms with E-state index < -0.39 is 0 Å². The molecule has 1 atom stereocenters. The van der Waals surface area contributed by atoms with E-state index in [2.05, 4.69) is 11.9 Å². The van der Waals surface area contributed by atoms with Crippen LogP contribution in [0.3, 0.4) is 0 Å². The number of ether oxygens (including phenoxy) is 1. The van der Waals surface area contributed by atoms with E-state index in [9.17, 15) is 0 Å². The van der Waals surface area contributed by atoms with E-state index in [1.807, 2.05) is 6.92 Å². The lowest BCUT2D eigenvalue weighted by molar-refractivity contribution is -0.0582. The molecule has 3 heteroatoms. The summed E-state index contributed by atoms with van der Waals surface area (Å²) in [7, 11) is 2.08. The number of rotatable bonds is 4. The van der Waals surface area contributed by atoms with Gasteiger partial charge in [0.15, 0.2) is 0 Å². The van der Waals surface area contributed by atoms with Crippen LogP contribution in [-0.4, -0.2) is 49.0 Å². The second-order valence-electron chi connectivity index (χ2n) is 3.31. The monoisotopic (exact) mass is 159 g/mol. The molecule has 1 N–H and O–H groups in total. The molecule has 0 aromatic carbocycles. The molecule has 1 aliphatic heterocycles. The number of hydrogen-bond acceptors (Lipinski definition) is 3. The van der Waals surface area contributed by atoms with Crippen molar-refractivity contribution < 1.29 is 9.84 Å². The predicted octanol–water partition coefficient (Wildman–Crippen LogP) is 0.0879. The molecule has 0 aliphatic carbocycles. The second kappa shape index (κ2) is 4.04. The van der Waals surface area contributed by atoms with Crippen molar-refractivity contribution in [1.82, 2.24) is 4.90 Å². The van der Waals surface area contributed by atoms with Gasteiger partial charge in [0.2, 0.25) is 0 Å². The van der Waals surface area contributed by atoms with Crippen LogP contribution in [0.5, 0.6) is 0 Å². The highest BCUT2D eigenvalue weighted by molar-refractivity contribution is 4.74. The van der Waals surface area contributed by atoms with E-state index >= 15 is 0 Å². The van der Waals surface area contributed by atoms with Crippen molar-refractivity contribution in [3.05, 3.63) is 0 Å². The van der Waals surface area contributed by atoms with Gasteiger partial charge in [-0.2, -0.15) is 0 Å². The molecule has 0 spiro atoms. The molecule has 0 amide bonds. The third kappa shape index (κ3) is 2.77. The minimum Gasteiger partial charge on any atom is -0.393 e. The Kier molecular flexibility index (Phi) is 3.30. The Balaban J connectivity index is 2.05. The first kappa shape index (κ1) is 8.97. The van der Waals surface area contributed by atoms with Gasteiger partial charge in [-0.15, -0.1) is 0 Å². The van der Waals surface area contributed by atoms with Gasteiger partial charge >= 0.3 is 0 Å². The topological polar surface area (TPSA) is 32.7 Å². The lowest BCUT2D eigenvalue weighted by Gasteiger charge is -2.34. The summed E-state index contributed by atoms with van der Waals surface area (Å²) < 4.78 is 5.06. The third-order valence-electron chi connectivity index (χ3n) is 2.14. The molecule has 0 unspecified atom stereocenters. The lowest BCUT2D eigenvalue weighted by Crippen LogP contribution is -2.47. The minimum absolute atomic E-state index is 0.182. The van der Waals surface area contributed by atoms with Crippen molar-refractivity contribution in [2.45, 2.75) is 25.5 Å². The Hall–Kier alpha value is -0.120. The zero-order chi connectivity index (χ0) is 8.27. The zero-order valence-electron chi connectivity index (χ0n) is 7.29. The van der Waals surface area contributed by atoms with Gasteiger partial charge in [0.25, 0.3) is 0 Å². The Morgan fingerprint density at radius 3 is 2.64 bits per heavy atom. The molecule has 1 rings (SSSR count). The van der Waals surface area contributed by atoms with Crippen LogP contribution in [0.15, 0.2) is 0 Å². The summed E-state index contributed by atoms with van der Waals surface area (Å²) in [6.07, 6.45) is 0.672. The molecular formula is C8H17NO2. The second-order valence-corrected chi connectivity index (χ2v) is 3.31. The van der Waals surface area contributed by atoms with Crippen molar-refractivity contribution in [2.24, 2.45) is 0 Å². The van der Waals surface area contributed by atoms with Crippen LogP contribution in [-0.2, 0) is 4.74 Å². The summed E-state index contributed by atoms with van der Waals surface area (Å²) >= 11 is 0. The van der Waals surface area contributed by atoms with Crippen molar-refractivity contribution in [2.75, 3.05) is 26.8 Å². The van der Waals surface area contributed by atoms with Crippen LogP contribution < -0.4 is 0 Å². The van der Waals surface area contributed by atoms with E-state index in [0.29, 0.717) is 6.04 Å². The standard InChI is InChI=1S/C8H17NO2/c1-7(10)3-4-9(2)8-5-11-6-8/h7-8,10H,3-6H2,1-2H3/t7-/m1/s1. The van der Waals surface area contributed by atoms with Crippen LogP contribution in [0.1, 0.15) is 13.3 Å². The van der Waals surface area contributed by atoms with Gasteiger partial charge in [-0.05, 0) is 20.4 Å². The maximum absolute atomic E-state index is 9.02. The molecular weight excluding hydrogens is 142 g/mol. The molecule has 1 fully saturated rings. The highest BCUT2D eigenvalue weighted by Gasteiger charge is 2.22. The Morgan fingerprint density at radius 2 is 2.27 bits per heavy atom. The maximum Gasteiger partial charge on any atom is 0.0645 e. The number of nitrogens with zero attached hydrogens (tertiary/aromatic N) is 1. The number of hydrogen-bond donors (Lipinski definition) is 1. The van der Waals surface area contributed by atoms with Crippen molar-refractivity contribution in [3.63, 3.8) is 0 Å². The molecule has 1 saturated heterocycles. The molecule has 0 aromatic heterocycles. The molecule has 66 valence electrons. The van der Waals surface area contributed by atoms with Gasteiger partial charge in [-0.1, -0.05) is 0 Å². The number of aliphatic hydroxyl groups excluding tert-OH is 1. The van der Waals surface area contributed by atoms with Crippen molar-refractivity contribution >= 4 is 0 Å². The summed E-state index contributed by atoms with van der Waals surface area (Å²) in [5.41, 5.74) is 0. The lowest BCUT2D eigenvalue weighted by atomic mass is 10.2. The van der Waals surface area contributed by atoms with Crippen LogP contribution in [0.25, 0.3) is 0 Å². The first-order valence-corrected chi connectivity index (χ1v) is 4.16. The molecule has 0 saturated carbocycles. The van der Waals surface area contributed by atoms with Crippen molar-refractivity contribution in [1.29, 1.82) is 0 Å². The summed E-state index contributed by atoms with van der Waals surface area (Å²) in [4.78, 5) is 2.25. The van der Waals surface area contributed by atoms with Crippen LogP contribution in [0.4, 0.5) is 0 Å². The van der Waals surface area contributed by atoms with Gasteiger partial charge in [0.05, 0.1) is 25.4 Å². The fourth-order valence-electron chi connectivity index (χ4n) is 1.05. The first-order valence-electron chi connectivity index (χ1n) is 4.16. The molecule has 1 aliphatic rings. The average Bonchev–Trinajstić information content (AvgIpc) is 1.79. The van der Waals surface area contributed by atoms with E-state index in [1.54, 1.807) is 0 Å². The predicted molar refractivity (Wildman–Crippen MR) is 43.5 cm³/mol. The third-order valence-corrected chi connectivity index (χ3v) is 2.14. The largest absolute Gasteiger partial charge is 0.393 e. The Morgan fingerprint density at radius 1 is 1.64 bits per heavy atom. The molecule has 0 radical (unpaired) electrons. The maximum atomic E-state index is 9.02. The van der Waals surface area contributed by atoms with Gasteiger partial charge in [-0.25, -0.2) is 0 Å². The van der Waals surface area contributed by atoms with E-state index in [0.717, 1.165) is 26.2 Å². The summed E-state index contributed by atoms with van der Waals surface area (Å²) in [5.74, 6) is 0. The molecule has 0 bridgehead atoms. The van der Waals surface area contributed by atoms with Crippen LogP contribution in [0.2, 0.25) is 0 Å². The first-order chi connectivity index (χ1) is 5.20. The zero-order valence-corrected chi connectivity index (χ0v) is 7.29. The molecule has 11 heavy (non-hydrogen) atoms. The van der Waals surface area contributed by atoms with E-state index in [-0.39, 0.29) is 6.10 Å². The van der Waals surface area contributed by atoms with E-state index in [1.165, 1.54) is 0 Å². The number of aliphatic hydroxyl groups is 1. The molecule has 3 nitrogen and oxygen atoms in total. The SMILES string of the molecule is C[C@@H](O)CCN(C)C1COC1.